The molecule has 224 valence electrons. The number of likely N-dealkylation sites (N-methyl/N-ethyl adjacent to an activating group) is 1. The number of aryl methyl sites for hydroxylation is 2. The Morgan fingerprint density at radius 1 is 1.05 bits per heavy atom. The molecule has 1 spiro atoms. The molecule has 0 saturated heterocycles. The van der Waals surface area contributed by atoms with Crippen LogP contribution in [0.15, 0.2) is 53.4 Å². The summed E-state index contributed by atoms with van der Waals surface area (Å²) in [6.07, 6.45) is 7.99. The van der Waals surface area contributed by atoms with Gasteiger partial charge in [0.25, 0.3) is 10.0 Å². The lowest BCUT2D eigenvalue weighted by Crippen LogP contribution is -2.50. The molecule has 1 heterocycles. The molecule has 0 radical (unpaired) electrons. The van der Waals surface area contributed by atoms with Gasteiger partial charge < -0.3 is 4.74 Å². The molecular weight excluding hydrogens is 548 g/mol. The Kier molecular flexibility index (Phi) is 8.71. The highest BCUT2D eigenvalue weighted by Crippen LogP contribution is 2.61. The molecule has 3 aromatic rings. The summed E-state index contributed by atoms with van der Waals surface area (Å²) in [6.45, 7) is 8.93. The summed E-state index contributed by atoms with van der Waals surface area (Å²) in [5.74, 6) is 0.825. The van der Waals surface area contributed by atoms with E-state index in [1.807, 2.05) is 32.0 Å². The van der Waals surface area contributed by atoms with Gasteiger partial charge in [-0.25, -0.2) is 18.1 Å². The summed E-state index contributed by atoms with van der Waals surface area (Å²) in [4.78, 5) is 22.8. The summed E-state index contributed by atoms with van der Waals surface area (Å²) in [5.41, 5.74) is 4.40. The Labute approximate surface area is 250 Å². The van der Waals surface area contributed by atoms with Crippen molar-refractivity contribution in [3.05, 3.63) is 65.2 Å². The lowest BCUT2D eigenvalue weighted by atomic mass is 9.75. The van der Waals surface area contributed by atoms with E-state index >= 15 is 0 Å². The van der Waals surface area contributed by atoms with Gasteiger partial charge in [0.15, 0.2) is 0 Å². The molecule has 0 unspecified atom stereocenters. The van der Waals surface area contributed by atoms with Crippen LogP contribution in [0.2, 0.25) is 0 Å². The fraction of sp³-hybridized carbons (Fsp3) is 0.485. The molecule has 2 aliphatic carbocycles. The molecule has 1 N–H and O–H groups in total. The molecule has 2 aromatic carbocycles. The zero-order valence-electron chi connectivity index (χ0n) is 25.3. The molecule has 5 rings (SSSR count). The van der Waals surface area contributed by atoms with Crippen LogP contribution in [0.3, 0.4) is 0 Å². The normalized spacial score (nSPS) is 16.8. The molecule has 0 amide bonds. The number of nitrogens with one attached hydrogen (secondary N) is 1. The maximum atomic E-state index is 13.3. The first kappa shape index (κ1) is 30.2. The third-order valence-corrected chi connectivity index (χ3v) is 10.2. The lowest BCUT2D eigenvalue weighted by molar-refractivity contribution is 0.0288. The van der Waals surface area contributed by atoms with Crippen molar-refractivity contribution in [3.63, 3.8) is 0 Å². The number of aldehydes is 1. The molecule has 42 heavy (non-hydrogen) atoms. The molecule has 1 aromatic heterocycles. The van der Waals surface area contributed by atoms with Gasteiger partial charge in [0.1, 0.15) is 12.9 Å². The predicted molar refractivity (Wildman–Crippen MR) is 165 cm³/mol. The number of sulfonamides is 1. The second-order valence-corrected chi connectivity index (χ2v) is 14.3. The summed E-state index contributed by atoms with van der Waals surface area (Å²) in [7, 11) is -1.84. The molecule has 0 aliphatic heterocycles. The molecule has 2 fully saturated rings. The van der Waals surface area contributed by atoms with Crippen molar-refractivity contribution in [2.75, 3.05) is 18.4 Å². The van der Waals surface area contributed by atoms with Crippen molar-refractivity contribution in [1.82, 2.24) is 14.9 Å². The largest absolute Gasteiger partial charge is 0.476 e. The fourth-order valence-electron chi connectivity index (χ4n) is 6.05. The third kappa shape index (κ3) is 6.84. The van der Waals surface area contributed by atoms with Crippen molar-refractivity contribution in [3.8, 4) is 17.1 Å². The van der Waals surface area contributed by atoms with E-state index in [1.54, 1.807) is 12.1 Å². The summed E-state index contributed by atoms with van der Waals surface area (Å²) in [5, 5.41) is 0. The smallest absolute Gasteiger partial charge is 0.264 e. The standard InChI is InChI=1S/C33H42N4O4S/c1-22(2)12-13-26(37(5)27-18-33(19-27)14-15-33)21-41-30-17-29(31-23(3)8-6-9-24(31)4)34-32(35-30)36-42(39,40)28-11-7-10-25(16-28)20-38/h6-11,16-17,20,22,26-27H,12-15,18-19,21H2,1-5H3,(H,34,35,36)/t26-/m1/s1. The Bertz CT molecular complexity index is 1520. The first-order chi connectivity index (χ1) is 20.0. The van der Waals surface area contributed by atoms with E-state index in [2.05, 4.69) is 40.5 Å². The molecule has 8 nitrogen and oxygen atoms in total. The Morgan fingerprint density at radius 3 is 2.38 bits per heavy atom. The number of anilines is 1. The quantitative estimate of drug-likeness (QED) is 0.229. The van der Waals surface area contributed by atoms with E-state index in [0.717, 1.165) is 29.5 Å². The minimum absolute atomic E-state index is 0.0417. The van der Waals surface area contributed by atoms with Gasteiger partial charge in [-0.3, -0.25) is 9.69 Å². The summed E-state index contributed by atoms with van der Waals surface area (Å²) >= 11 is 0. The molecule has 9 heteroatoms. The first-order valence-corrected chi connectivity index (χ1v) is 16.4. The van der Waals surface area contributed by atoms with Gasteiger partial charge in [0.05, 0.1) is 10.6 Å². The predicted octanol–water partition coefficient (Wildman–Crippen LogP) is 6.43. The summed E-state index contributed by atoms with van der Waals surface area (Å²) < 4.78 is 35.5. The van der Waals surface area contributed by atoms with Crippen molar-refractivity contribution in [1.29, 1.82) is 0 Å². The van der Waals surface area contributed by atoms with Crippen LogP contribution in [0.1, 0.15) is 73.9 Å². The number of carbonyl (C=O) groups excluding carboxylic acids is 1. The number of benzene rings is 2. The molecule has 1 atom stereocenters. The van der Waals surface area contributed by atoms with Gasteiger partial charge in [-0.05, 0) is 94.0 Å². The van der Waals surface area contributed by atoms with E-state index in [-0.39, 0.29) is 22.4 Å². The van der Waals surface area contributed by atoms with Crippen LogP contribution in [-0.2, 0) is 10.0 Å². The maximum Gasteiger partial charge on any atom is 0.264 e. The minimum Gasteiger partial charge on any atom is -0.476 e. The lowest BCUT2D eigenvalue weighted by Gasteiger charge is -2.45. The zero-order chi connectivity index (χ0) is 30.1. The number of ether oxygens (including phenoxy) is 1. The van der Waals surface area contributed by atoms with Crippen LogP contribution in [-0.4, -0.2) is 55.3 Å². The van der Waals surface area contributed by atoms with Crippen molar-refractivity contribution >= 4 is 22.3 Å². The van der Waals surface area contributed by atoms with Gasteiger partial charge in [-0.1, -0.05) is 44.2 Å². The monoisotopic (exact) mass is 590 g/mol. The van der Waals surface area contributed by atoms with Gasteiger partial charge in [-0.2, -0.15) is 4.98 Å². The maximum absolute atomic E-state index is 13.3. The van der Waals surface area contributed by atoms with Crippen molar-refractivity contribution < 1.29 is 17.9 Å². The van der Waals surface area contributed by atoms with Crippen LogP contribution in [0.25, 0.3) is 11.3 Å². The number of rotatable bonds is 13. The third-order valence-electron chi connectivity index (χ3n) is 8.92. The molecular formula is C33H42N4O4S. The number of carbonyl (C=O) groups is 1. The highest BCUT2D eigenvalue weighted by atomic mass is 32.2. The first-order valence-electron chi connectivity index (χ1n) is 14.9. The van der Waals surface area contributed by atoms with E-state index in [4.69, 9.17) is 4.74 Å². The highest BCUT2D eigenvalue weighted by Gasteiger charge is 2.54. The van der Waals surface area contributed by atoms with Gasteiger partial charge in [0.2, 0.25) is 11.8 Å². The average molecular weight is 591 g/mol. The van der Waals surface area contributed by atoms with Crippen molar-refractivity contribution in [2.24, 2.45) is 11.3 Å². The number of hydrogen-bond acceptors (Lipinski definition) is 7. The van der Waals surface area contributed by atoms with Crippen LogP contribution in [0.4, 0.5) is 5.95 Å². The van der Waals surface area contributed by atoms with Gasteiger partial charge in [0, 0.05) is 29.3 Å². The van der Waals surface area contributed by atoms with E-state index in [1.165, 1.54) is 43.9 Å². The second kappa shape index (κ2) is 12.1. The van der Waals surface area contributed by atoms with Gasteiger partial charge in [-0.15, -0.1) is 0 Å². The Morgan fingerprint density at radius 2 is 1.74 bits per heavy atom. The van der Waals surface area contributed by atoms with Crippen LogP contribution in [0, 0.1) is 25.2 Å². The minimum atomic E-state index is -4.05. The van der Waals surface area contributed by atoms with E-state index in [9.17, 15) is 13.2 Å². The van der Waals surface area contributed by atoms with Crippen molar-refractivity contribution in [2.45, 2.75) is 83.2 Å². The van der Waals surface area contributed by atoms with E-state index < -0.39 is 10.0 Å². The van der Waals surface area contributed by atoms with Gasteiger partial charge >= 0.3 is 0 Å². The number of aromatic nitrogens is 2. The SMILES string of the molecule is Cc1cccc(C)c1-c1cc(OC[C@@H](CCC(C)C)N(C)C2CC3(CC3)C2)nc(NS(=O)(=O)c2cccc(C=O)c2)n1. The Balaban J connectivity index is 1.43. The molecule has 2 aliphatic rings. The fourth-order valence-corrected chi connectivity index (χ4v) is 7.05. The van der Waals surface area contributed by atoms with E-state index in [0.29, 0.717) is 41.8 Å². The number of hydrogen-bond donors (Lipinski definition) is 1. The molecule has 2 saturated carbocycles. The zero-order valence-corrected chi connectivity index (χ0v) is 26.1. The average Bonchev–Trinajstić information content (AvgIpc) is 3.73. The molecule has 0 bridgehead atoms. The highest BCUT2D eigenvalue weighted by molar-refractivity contribution is 7.92. The van der Waals surface area contributed by atoms with Crippen LogP contribution < -0.4 is 9.46 Å². The topological polar surface area (TPSA) is 101 Å². The summed E-state index contributed by atoms with van der Waals surface area (Å²) in [6, 6.07) is 14.4. The second-order valence-electron chi connectivity index (χ2n) is 12.6. The van der Waals surface area contributed by atoms with Crippen LogP contribution in [0.5, 0.6) is 5.88 Å². The van der Waals surface area contributed by atoms with Crippen LogP contribution >= 0.6 is 0 Å². The number of nitrogens with zero attached hydrogens (tertiary/aromatic N) is 3. The Hall–Kier alpha value is -3.30.